The summed E-state index contributed by atoms with van der Waals surface area (Å²) in [5.74, 6) is -0.390. The topological polar surface area (TPSA) is 91.1 Å². The van der Waals surface area contributed by atoms with E-state index in [4.69, 9.17) is 5.53 Å². The molecule has 1 aromatic carbocycles. The number of amides is 1. The molecule has 2 N–H and O–H groups in total. The third-order valence-corrected chi connectivity index (χ3v) is 3.49. The lowest BCUT2D eigenvalue weighted by atomic mass is 10.2. The van der Waals surface area contributed by atoms with E-state index in [1.165, 1.54) is 17.4 Å². The summed E-state index contributed by atoms with van der Waals surface area (Å²) in [7, 11) is 0. The maximum Gasteiger partial charge on any atom is 0.271 e. The molecule has 0 radical (unpaired) electrons. The highest BCUT2D eigenvalue weighted by Crippen LogP contribution is 2.22. The van der Waals surface area contributed by atoms with Crippen molar-refractivity contribution in [1.29, 1.82) is 5.53 Å². The van der Waals surface area contributed by atoms with Gasteiger partial charge in [-0.3, -0.25) is 4.79 Å². The fraction of sp³-hybridized carbons (Fsp3) is 0.154. The SMILES string of the molecule is C/C=C(\N=N)C(=O)NCc1nnc(-c2ccccc2)s1. The maximum atomic E-state index is 11.6. The number of carbonyl (C=O) groups excluding carboxylic acids is 1. The van der Waals surface area contributed by atoms with Crippen LogP contribution < -0.4 is 5.32 Å². The Labute approximate surface area is 120 Å². The smallest absolute Gasteiger partial charge is 0.271 e. The van der Waals surface area contributed by atoms with Crippen molar-refractivity contribution in [2.45, 2.75) is 13.5 Å². The summed E-state index contributed by atoms with van der Waals surface area (Å²) in [4.78, 5) is 11.6. The van der Waals surface area contributed by atoms with Crippen molar-refractivity contribution >= 4 is 17.2 Å². The Hall–Kier alpha value is -2.41. The molecule has 2 aromatic rings. The molecule has 0 bridgehead atoms. The van der Waals surface area contributed by atoms with E-state index in [-0.39, 0.29) is 18.1 Å². The van der Waals surface area contributed by atoms with Crippen molar-refractivity contribution in [2.24, 2.45) is 5.11 Å². The number of nitrogens with zero attached hydrogens (tertiary/aromatic N) is 3. The fourth-order valence-corrected chi connectivity index (χ4v) is 2.30. The molecule has 0 atom stereocenters. The molecular formula is C13H13N5OS. The van der Waals surface area contributed by atoms with Crippen LogP contribution in [-0.4, -0.2) is 16.1 Å². The first-order chi connectivity index (χ1) is 9.74. The van der Waals surface area contributed by atoms with Crippen molar-refractivity contribution < 1.29 is 4.79 Å². The van der Waals surface area contributed by atoms with Gasteiger partial charge < -0.3 is 5.32 Å². The van der Waals surface area contributed by atoms with Gasteiger partial charge in [-0.25, -0.2) is 5.53 Å². The zero-order valence-corrected chi connectivity index (χ0v) is 11.6. The second-order valence-corrected chi connectivity index (χ2v) is 4.90. The van der Waals surface area contributed by atoms with Gasteiger partial charge in [-0.15, -0.1) is 10.2 Å². The molecular weight excluding hydrogens is 274 g/mol. The van der Waals surface area contributed by atoms with E-state index in [0.717, 1.165) is 10.6 Å². The van der Waals surface area contributed by atoms with Crippen LogP contribution in [0, 0.1) is 5.53 Å². The number of hydrogen-bond donors (Lipinski definition) is 2. The van der Waals surface area contributed by atoms with Crippen molar-refractivity contribution in [3.8, 4) is 10.6 Å². The van der Waals surface area contributed by atoms with Gasteiger partial charge in [-0.05, 0) is 6.92 Å². The lowest BCUT2D eigenvalue weighted by Gasteiger charge is -2.00. The van der Waals surface area contributed by atoms with E-state index in [1.54, 1.807) is 6.92 Å². The molecule has 1 aromatic heterocycles. The molecule has 102 valence electrons. The molecule has 2 rings (SSSR count). The lowest BCUT2D eigenvalue weighted by molar-refractivity contribution is -0.117. The van der Waals surface area contributed by atoms with Crippen LogP contribution in [0.25, 0.3) is 10.6 Å². The molecule has 0 fully saturated rings. The molecule has 0 saturated carbocycles. The number of hydrogen-bond acceptors (Lipinski definition) is 6. The highest BCUT2D eigenvalue weighted by Gasteiger charge is 2.10. The Morgan fingerprint density at radius 1 is 1.40 bits per heavy atom. The maximum absolute atomic E-state index is 11.6. The number of allylic oxidation sites excluding steroid dienone is 1. The van der Waals surface area contributed by atoms with E-state index in [2.05, 4.69) is 20.6 Å². The average Bonchev–Trinajstić information content (AvgIpc) is 2.96. The molecule has 20 heavy (non-hydrogen) atoms. The van der Waals surface area contributed by atoms with Gasteiger partial charge in [0, 0.05) is 5.56 Å². The van der Waals surface area contributed by atoms with Gasteiger partial charge in [0.05, 0.1) is 6.54 Å². The third-order valence-electron chi connectivity index (χ3n) is 2.51. The zero-order chi connectivity index (χ0) is 14.4. The first-order valence-corrected chi connectivity index (χ1v) is 6.76. The highest BCUT2D eigenvalue weighted by molar-refractivity contribution is 7.14. The number of aromatic nitrogens is 2. The number of carbonyl (C=O) groups is 1. The van der Waals surface area contributed by atoms with Gasteiger partial charge in [-0.2, -0.15) is 5.11 Å². The minimum atomic E-state index is -0.390. The van der Waals surface area contributed by atoms with Crippen LogP contribution >= 0.6 is 11.3 Å². The lowest BCUT2D eigenvalue weighted by Crippen LogP contribution is -2.23. The van der Waals surface area contributed by atoms with E-state index < -0.39 is 0 Å². The summed E-state index contributed by atoms with van der Waals surface area (Å²) in [6.45, 7) is 1.93. The highest BCUT2D eigenvalue weighted by atomic mass is 32.1. The Morgan fingerprint density at radius 2 is 2.15 bits per heavy atom. The molecule has 0 spiro atoms. The van der Waals surface area contributed by atoms with Gasteiger partial charge in [-0.1, -0.05) is 47.7 Å². The van der Waals surface area contributed by atoms with E-state index in [9.17, 15) is 4.79 Å². The van der Waals surface area contributed by atoms with E-state index in [1.807, 2.05) is 30.3 Å². The van der Waals surface area contributed by atoms with Gasteiger partial charge >= 0.3 is 0 Å². The minimum absolute atomic E-state index is 0.0813. The first-order valence-electron chi connectivity index (χ1n) is 5.94. The summed E-state index contributed by atoms with van der Waals surface area (Å²) < 4.78 is 0. The molecule has 0 saturated heterocycles. The van der Waals surface area contributed by atoms with Gasteiger partial charge in [0.2, 0.25) is 0 Å². The summed E-state index contributed by atoms with van der Waals surface area (Å²) in [5, 5.41) is 15.4. The van der Waals surface area contributed by atoms with Gasteiger partial charge in [0.25, 0.3) is 5.91 Å². The van der Waals surface area contributed by atoms with Crippen LogP contribution in [0.4, 0.5) is 0 Å². The Morgan fingerprint density at radius 3 is 2.80 bits per heavy atom. The Kier molecular flexibility index (Phi) is 4.67. The normalized spacial score (nSPS) is 11.2. The van der Waals surface area contributed by atoms with Gasteiger partial charge in [0.15, 0.2) is 0 Å². The zero-order valence-electron chi connectivity index (χ0n) is 10.8. The summed E-state index contributed by atoms with van der Waals surface area (Å²) in [5.41, 5.74) is 7.94. The number of nitrogens with one attached hydrogen (secondary N) is 2. The molecule has 0 unspecified atom stereocenters. The average molecular weight is 287 g/mol. The summed E-state index contributed by atoms with van der Waals surface area (Å²) in [6.07, 6.45) is 1.48. The quantitative estimate of drug-likeness (QED) is 0.654. The van der Waals surface area contributed by atoms with Crippen LogP contribution in [0.3, 0.4) is 0 Å². The van der Waals surface area contributed by atoms with Crippen LogP contribution in [0.2, 0.25) is 0 Å². The van der Waals surface area contributed by atoms with Crippen molar-refractivity contribution in [3.05, 3.63) is 47.1 Å². The predicted octanol–water partition coefficient (Wildman–Crippen LogP) is 2.76. The molecule has 1 amide bonds. The summed E-state index contributed by atoms with van der Waals surface area (Å²) >= 11 is 1.42. The van der Waals surface area contributed by atoms with Crippen LogP contribution in [0.1, 0.15) is 11.9 Å². The van der Waals surface area contributed by atoms with Gasteiger partial charge in [0.1, 0.15) is 15.7 Å². The van der Waals surface area contributed by atoms with Crippen molar-refractivity contribution in [1.82, 2.24) is 15.5 Å². The Bertz CT molecular complexity index is 635. The van der Waals surface area contributed by atoms with Crippen LogP contribution in [-0.2, 0) is 11.3 Å². The predicted molar refractivity (Wildman–Crippen MR) is 76.1 cm³/mol. The summed E-state index contributed by atoms with van der Waals surface area (Å²) in [6, 6.07) is 9.73. The number of benzene rings is 1. The molecule has 0 aliphatic heterocycles. The molecule has 0 aliphatic carbocycles. The third kappa shape index (κ3) is 3.33. The minimum Gasteiger partial charge on any atom is -0.344 e. The van der Waals surface area contributed by atoms with Crippen molar-refractivity contribution in [3.63, 3.8) is 0 Å². The fourth-order valence-electron chi connectivity index (χ4n) is 1.52. The second-order valence-electron chi connectivity index (χ2n) is 3.84. The van der Waals surface area contributed by atoms with E-state index >= 15 is 0 Å². The largest absolute Gasteiger partial charge is 0.344 e. The van der Waals surface area contributed by atoms with Crippen molar-refractivity contribution in [2.75, 3.05) is 0 Å². The molecule has 1 heterocycles. The molecule has 7 heteroatoms. The molecule has 6 nitrogen and oxygen atoms in total. The van der Waals surface area contributed by atoms with Crippen LogP contribution in [0.15, 0.2) is 47.2 Å². The van der Waals surface area contributed by atoms with Crippen LogP contribution in [0.5, 0.6) is 0 Å². The van der Waals surface area contributed by atoms with E-state index in [0.29, 0.717) is 5.01 Å². The standard InChI is InChI=1S/C13H13N5OS/c1-2-10(16-14)12(19)15-8-11-17-18-13(20-11)9-6-4-3-5-7-9/h2-7,14H,8H2,1H3,(H,15,19)/b10-2-,16-14?. The monoisotopic (exact) mass is 287 g/mol. The molecule has 0 aliphatic rings. The Balaban J connectivity index is 2.01. The second kappa shape index (κ2) is 6.67. The first kappa shape index (κ1) is 14.0. The number of rotatable bonds is 5.